The van der Waals surface area contributed by atoms with Gasteiger partial charge in [0.25, 0.3) is 5.91 Å². The molecule has 2 aromatic rings. The summed E-state index contributed by atoms with van der Waals surface area (Å²) in [6.07, 6.45) is 2.84. The van der Waals surface area contributed by atoms with Crippen LogP contribution in [0.3, 0.4) is 0 Å². The topological polar surface area (TPSA) is 62.2 Å². The second-order valence-corrected chi connectivity index (χ2v) is 4.37. The van der Waals surface area contributed by atoms with Crippen LogP contribution in [0.4, 0.5) is 10.1 Å². The average Bonchev–Trinajstić information content (AvgIpc) is 2.49. The van der Waals surface area contributed by atoms with Gasteiger partial charge < -0.3 is 10.4 Å². The number of carbonyl (C=O) groups is 1. The number of hydrogen-bond donors (Lipinski definition) is 2. The minimum atomic E-state index is -0.510. The lowest BCUT2D eigenvalue weighted by molar-refractivity contribution is 0.102. The van der Waals surface area contributed by atoms with Gasteiger partial charge in [0.15, 0.2) is 0 Å². The fourth-order valence-corrected chi connectivity index (χ4v) is 1.77. The Hall–Kier alpha value is -2.42. The van der Waals surface area contributed by atoms with E-state index in [1.165, 1.54) is 30.6 Å². The highest BCUT2D eigenvalue weighted by atomic mass is 35.5. The Morgan fingerprint density at radius 1 is 1.43 bits per heavy atom. The molecule has 1 heterocycles. The number of amides is 1. The Labute approximate surface area is 125 Å². The van der Waals surface area contributed by atoms with Gasteiger partial charge in [-0.25, -0.2) is 4.39 Å². The van der Waals surface area contributed by atoms with Crippen LogP contribution in [0, 0.1) is 17.7 Å². The molecule has 0 saturated carbocycles. The average molecular weight is 305 g/mol. The lowest BCUT2D eigenvalue weighted by Crippen LogP contribution is -2.14. The molecule has 0 unspecified atom stereocenters. The summed E-state index contributed by atoms with van der Waals surface area (Å²) < 4.78 is 13.2. The molecule has 1 aromatic carbocycles. The standard InChI is InChI=1S/C15H10ClFN2O2/c16-13-4-3-11(17)8-14(13)19-15(21)12-5-6-18-9-10(12)2-1-7-20/h3-6,8-9,20H,7H2,(H,19,21). The van der Waals surface area contributed by atoms with Crippen LogP contribution in [0.2, 0.25) is 5.02 Å². The maximum absolute atomic E-state index is 13.2. The normalized spacial score (nSPS) is 9.67. The molecule has 0 atom stereocenters. The van der Waals surface area contributed by atoms with E-state index in [-0.39, 0.29) is 22.9 Å². The first kappa shape index (κ1) is 15.0. The number of rotatable bonds is 2. The van der Waals surface area contributed by atoms with E-state index < -0.39 is 11.7 Å². The van der Waals surface area contributed by atoms with E-state index in [2.05, 4.69) is 22.1 Å². The van der Waals surface area contributed by atoms with Crippen LogP contribution in [0.5, 0.6) is 0 Å². The number of benzene rings is 1. The zero-order valence-electron chi connectivity index (χ0n) is 10.7. The third-order valence-electron chi connectivity index (χ3n) is 2.54. The lowest BCUT2D eigenvalue weighted by atomic mass is 10.1. The molecule has 106 valence electrons. The van der Waals surface area contributed by atoms with Crippen molar-refractivity contribution < 1.29 is 14.3 Å². The van der Waals surface area contributed by atoms with E-state index in [9.17, 15) is 9.18 Å². The molecule has 0 spiro atoms. The predicted octanol–water partition coefficient (Wildman–Crippen LogP) is 2.47. The molecule has 21 heavy (non-hydrogen) atoms. The Morgan fingerprint density at radius 2 is 2.24 bits per heavy atom. The highest BCUT2D eigenvalue weighted by molar-refractivity contribution is 6.33. The van der Waals surface area contributed by atoms with Gasteiger partial charge in [-0.2, -0.15) is 0 Å². The van der Waals surface area contributed by atoms with Crippen molar-refractivity contribution >= 4 is 23.2 Å². The van der Waals surface area contributed by atoms with Gasteiger partial charge in [0.2, 0.25) is 0 Å². The molecule has 0 fully saturated rings. The van der Waals surface area contributed by atoms with Crippen molar-refractivity contribution in [2.24, 2.45) is 0 Å². The molecule has 0 aliphatic heterocycles. The molecule has 4 nitrogen and oxygen atoms in total. The first-order valence-electron chi connectivity index (χ1n) is 5.92. The number of aliphatic hydroxyl groups excluding tert-OH is 1. The zero-order chi connectivity index (χ0) is 15.2. The summed E-state index contributed by atoms with van der Waals surface area (Å²) in [7, 11) is 0. The molecule has 6 heteroatoms. The Balaban J connectivity index is 2.31. The number of pyridine rings is 1. The quantitative estimate of drug-likeness (QED) is 0.838. The number of hydrogen-bond acceptors (Lipinski definition) is 3. The van der Waals surface area contributed by atoms with E-state index >= 15 is 0 Å². The van der Waals surface area contributed by atoms with Gasteiger partial charge >= 0.3 is 0 Å². The Kier molecular flexibility index (Phi) is 4.88. The smallest absolute Gasteiger partial charge is 0.257 e. The second kappa shape index (κ2) is 6.84. The molecule has 0 saturated heterocycles. The van der Waals surface area contributed by atoms with Gasteiger partial charge in [-0.15, -0.1) is 0 Å². The number of nitrogens with one attached hydrogen (secondary N) is 1. The summed E-state index contributed by atoms with van der Waals surface area (Å²) in [6, 6.07) is 5.15. The van der Waals surface area contributed by atoms with Gasteiger partial charge in [0.05, 0.1) is 21.8 Å². The third-order valence-corrected chi connectivity index (χ3v) is 2.87. The van der Waals surface area contributed by atoms with Crippen molar-refractivity contribution in [1.29, 1.82) is 0 Å². The van der Waals surface area contributed by atoms with Gasteiger partial charge in [-0.3, -0.25) is 9.78 Å². The summed E-state index contributed by atoms with van der Waals surface area (Å²) in [5.41, 5.74) is 0.780. The third kappa shape index (κ3) is 3.78. The van der Waals surface area contributed by atoms with Gasteiger partial charge in [-0.05, 0) is 24.3 Å². The minimum absolute atomic E-state index is 0.166. The van der Waals surface area contributed by atoms with Crippen molar-refractivity contribution in [3.8, 4) is 11.8 Å². The number of carbonyl (C=O) groups excluding carboxylic acids is 1. The van der Waals surface area contributed by atoms with Crippen LogP contribution in [-0.4, -0.2) is 22.6 Å². The van der Waals surface area contributed by atoms with Gasteiger partial charge in [-0.1, -0.05) is 23.4 Å². The molecule has 0 aliphatic carbocycles. The van der Waals surface area contributed by atoms with Crippen LogP contribution >= 0.6 is 11.6 Å². The molecular formula is C15H10ClFN2O2. The SMILES string of the molecule is O=C(Nc1cc(F)ccc1Cl)c1ccncc1C#CCO. The van der Waals surface area contributed by atoms with Crippen molar-refractivity contribution in [2.45, 2.75) is 0 Å². The summed E-state index contributed by atoms with van der Waals surface area (Å²) in [5, 5.41) is 11.4. The summed E-state index contributed by atoms with van der Waals surface area (Å²) in [6.45, 7) is -0.328. The van der Waals surface area contributed by atoms with Crippen LogP contribution in [0.25, 0.3) is 0 Å². The number of aromatic nitrogens is 1. The summed E-state index contributed by atoms with van der Waals surface area (Å²) >= 11 is 5.90. The van der Waals surface area contributed by atoms with Gasteiger partial charge in [0, 0.05) is 12.4 Å². The van der Waals surface area contributed by atoms with Crippen LogP contribution in [0.15, 0.2) is 36.7 Å². The number of nitrogens with zero attached hydrogens (tertiary/aromatic N) is 1. The van der Waals surface area contributed by atoms with E-state index in [4.69, 9.17) is 16.7 Å². The predicted molar refractivity (Wildman–Crippen MR) is 77.6 cm³/mol. The molecule has 2 N–H and O–H groups in total. The van der Waals surface area contributed by atoms with Crippen LogP contribution in [-0.2, 0) is 0 Å². The van der Waals surface area contributed by atoms with Crippen molar-refractivity contribution in [3.05, 3.63) is 58.6 Å². The molecule has 0 radical (unpaired) electrons. The first-order valence-corrected chi connectivity index (χ1v) is 6.29. The first-order chi connectivity index (χ1) is 10.1. The van der Waals surface area contributed by atoms with Crippen molar-refractivity contribution in [2.75, 3.05) is 11.9 Å². The maximum Gasteiger partial charge on any atom is 0.257 e. The highest BCUT2D eigenvalue weighted by Crippen LogP contribution is 2.23. The molecule has 0 aliphatic rings. The van der Waals surface area contributed by atoms with E-state index in [1.807, 2.05) is 0 Å². The maximum atomic E-state index is 13.2. The monoisotopic (exact) mass is 304 g/mol. The number of anilines is 1. The van der Waals surface area contributed by atoms with E-state index in [0.717, 1.165) is 6.07 Å². The Bertz CT molecular complexity index is 738. The molecule has 1 amide bonds. The van der Waals surface area contributed by atoms with E-state index in [1.54, 1.807) is 0 Å². The van der Waals surface area contributed by atoms with Crippen LogP contribution in [0.1, 0.15) is 15.9 Å². The van der Waals surface area contributed by atoms with Crippen molar-refractivity contribution in [1.82, 2.24) is 4.98 Å². The minimum Gasteiger partial charge on any atom is -0.384 e. The fourth-order valence-electron chi connectivity index (χ4n) is 1.61. The summed E-state index contributed by atoms with van der Waals surface area (Å²) in [5.74, 6) is 4.07. The van der Waals surface area contributed by atoms with Crippen LogP contribution < -0.4 is 5.32 Å². The zero-order valence-corrected chi connectivity index (χ0v) is 11.5. The Morgan fingerprint density at radius 3 is 3.00 bits per heavy atom. The number of halogens is 2. The fraction of sp³-hybridized carbons (Fsp3) is 0.0667. The molecule has 2 rings (SSSR count). The molecular weight excluding hydrogens is 295 g/mol. The second-order valence-electron chi connectivity index (χ2n) is 3.96. The molecule has 1 aromatic heterocycles. The van der Waals surface area contributed by atoms with Crippen molar-refractivity contribution in [3.63, 3.8) is 0 Å². The summed E-state index contributed by atoms with van der Waals surface area (Å²) in [4.78, 5) is 16.1. The lowest BCUT2D eigenvalue weighted by Gasteiger charge is -2.08. The molecule has 0 bridgehead atoms. The highest BCUT2D eigenvalue weighted by Gasteiger charge is 2.12. The largest absolute Gasteiger partial charge is 0.384 e. The number of aliphatic hydroxyl groups is 1. The van der Waals surface area contributed by atoms with E-state index in [0.29, 0.717) is 5.56 Å². The van der Waals surface area contributed by atoms with Gasteiger partial charge in [0.1, 0.15) is 12.4 Å².